The number of hydrogen-bond donors (Lipinski definition) is 2. The molecule has 0 unspecified atom stereocenters. The largest absolute Gasteiger partial charge is 0.573 e. The van der Waals surface area contributed by atoms with Gasteiger partial charge in [-0.05, 0) is 36.5 Å². The molecular weight excluding hydrogens is 301 g/mol. The van der Waals surface area contributed by atoms with Crippen LogP contribution in [-0.2, 0) is 0 Å². The maximum absolute atomic E-state index is 12.1. The molecule has 0 amide bonds. The fraction of sp³-hybridized carbons (Fsp3) is 0.0714. The molecule has 0 spiro atoms. The van der Waals surface area contributed by atoms with Crippen molar-refractivity contribution in [2.45, 2.75) is 6.36 Å². The van der Waals surface area contributed by atoms with Gasteiger partial charge in [-0.3, -0.25) is 0 Å². The van der Waals surface area contributed by atoms with Gasteiger partial charge in [0.05, 0.1) is 0 Å². The Hall–Kier alpha value is -2.28. The van der Waals surface area contributed by atoms with Crippen molar-refractivity contribution in [2.75, 3.05) is 10.6 Å². The number of anilines is 2. The fourth-order valence-electron chi connectivity index (χ4n) is 1.59. The summed E-state index contributed by atoms with van der Waals surface area (Å²) in [7, 11) is 0. The number of para-hydroxylation sites is 1. The minimum atomic E-state index is -4.72. The van der Waals surface area contributed by atoms with Gasteiger partial charge in [-0.1, -0.05) is 24.3 Å². The molecule has 0 aliphatic rings. The smallest absolute Gasteiger partial charge is 0.406 e. The first kappa shape index (κ1) is 15.1. The molecule has 0 aromatic heterocycles. The van der Waals surface area contributed by atoms with Crippen molar-refractivity contribution >= 4 is 28.7 Å². The van der Waals surface area contributed by atoms with E-state index in [4.69, 9.17) is 12.2 Å². The highest BCUT2D eigenvalue weighted by atomic mass is 32.1. The number of nitrogens with one attached hydrogen (secondary N) is 2. The lowest BCUT2D eigenvalue weighted by atomic mass is 10.3. The summed E-state index contributed by atoms with van der Waals surface area (Å²) in [6.45, 7) is 0. The van der Waals surface area contributed by atoms with E-state index >= 15 is 0 Å². The van der Waals surface area contributed by atoms with Gasteiger partial charge in [-0.2, -0.15) is 0 Å². The van der Waals surface area contributed by atoms with Crippen molar-refractivity contribution in [1.29, 1.82) is 0 Å². The number of ether oxygens (including phenoxy) is 1. The van der Waals surface area contributed by atoms with Crippen LogP contribution in [0.5, 0.6) is 5.75 Å². The minimum Gasteiger partial charge on any atom is -0.406 e. The summed E-state index contributed by atoms with van der Waals surface area (Å²) in [5, 5.41) is 5.97. The zero-order valence-electron chi connectivity index (χ0n) is 10.6. The highest BCUT2D eigenvalue weighted by Crippen LogP contribution is 2.25. The van der Waals surface area contributed by atoms with Gasteiger partial charge < -0.3 is 15.4 Å². The summed E-state index contributed by atoms with van der Waals surface area (Å²) in [6.07, 6.45) is -4.72. The predicted molar refractivity (Wildman–Crippen MR) is 79.4 cm³/mol. The summed E-state index contributed by atoms with van der Waals surface area (Å²) < 4.78 is 40.3. The number of halogens is 3. The predicted octanol–water partition coefficient (Wildman–Crippen LogP) is 4.39. The van der Waals surface area contributed by atoms with Gasteiger partial charge in [-0.25, -0.2) is 0 Å². The monoisotopic (exact) mass is 312 g/mol. The second-order valence-corrected chi connectivity index (χ2v) is 4.43. The minimum absolute atomic E-state index is 0.269. The van der Waals surface area contributed by atoms with Crippen LogP contribution in [0.2, 0.25) is 0 Å². The molecule has 2 aromatic carbocycles. The standard InChI is InChI=1S/C14H11F3N2OS/c15-14(16,17)20-12-8-4-7-11(9-12)19-13(21)18-10-5-2-1-3-6-10/h1-9H,(H2,18,19,21). The normalized spacial score (nSPS) is 10.8. The maximum atomic E-state index is 12.1. The van der Waals surface area contributed by atoms with Crippen LogP contribution in [0.4, 0.5) is 24.5 Å². The summed E-state index contributed by atoms with van der Waals surface area (Å²) in [5.74, 6) is -0.310. The number of thiocarbonyl (C=S) groups is 1. The zero-order chi connectivity index (χ0) is 15.3. The van der Waals surface area contributed by atoms with Crippen LogP contribution in [0.1, 0.15) is 0 Å². The molecule has 0 aliphatic carbocycles. The molecule has 0 heterocycles. The molecule has 2 aromatic rings. The summed E-state index contributed by atoms with van der Waals surface area (Å²) in [5.41, 5.74) is 1.17. The van der Waals surface area contributed by atoms with Gasteiger partial charge in [0.2, 0.25) is 0 Å². The molecule has 3 nitrogen and oxygen atoms in total. The SMILES string of the molecule is FC(F)(F)Oc1cccc(NC(=S)Nc2ccccc2)c1. The van der Waals surface area contributed by atoms with Crippen molar-refractivity contribution in [1.82, 2.24) is 0 Å². The molecule has 2 N–H and O–H groups in total. The molecule has 0 aliphatic heterocycles. The lowest BCUT2D eigenvalue weighted by Crippen LogP contribution is -2.19. The van der Waals surface area contributed by atoms with Gasteiger partial charge in [0.1, 0.15) is 5.75 Å². The first-order chi connectivity index (χ1) is 9.92. The Labute approximate surface area is 124 Å². The van der Waals surface area contributed by atoms with Crippen LogP contribution in [0.25, 0.3) is 0 Å². The molecule has 0 atom stereocenters. The Morgan fingerprint density at radius 2 is 1.52 bits per heavy atom. The Balaban J connectivity index is 1.99. The van der Waals surface area contributed by atoms with Gasteiger partial charge in [-0.15, -0.1) is 13.2 Å². The third kappa shape index (κ3) is 5.31. The maximum Gasteiger partial charge on any atom is 0.573 e. The number of alkyl halides is 3. The molecule has 21 heavy (non-hydrogen) atoms. The van der Waals surface area contributed by atoms with Gasteiger partial charge >= 0.3 is 6.36 Å². The van der Waals surface area contributed by atoms with E-state index in [9.17, 15) is 13.2 Å². The van der Waals surface area contributed by atoms with Gasteiger partial charge in [0.25, 0.3) is 0 Å². The second kappa shape index (κ2) is 6.45. The molecule has 0 radical (unpaired) electrons. The lowest BCUT2D eigenvalue weighted by molar-refractivity contribution is -0.274. The fourth-order valence-corrected chi connectivity index (χ4v) is 1.82. The summed E-state index contributed by atoms with van der Waals surface area (Å²) in [4.78, 5) is 0. The molecule has 110 valence electrons. The number of benzene rings is 2. The van der Waals surface area contributed by atoms with Crippen molar-refractivity contribution in [3.8, 4) is 5.75 Å². The number of rotatable bonds is 3. The Morgan fingerprint density at radius 3 is 2.19 bits per heavy atom. The van der Waals surface area contributed by atoms with E-state index in [1.165, 1.54) is 18.2 Å². The van der Waals surface area contributed by atoms with Crippen LogP contribution in [0, 0.1) is 0 Å². The van der Waals surface area contributed by atoms with Crippen molar-refractivity contribution in [3.05, 3.63) is 54.6 Å². The summed E-state index contributed by atoms with van der Waals surface area (Å²) in [6, 6.07) is 14.6. The van der Waals surface area contributed by atoms with E-state index in [1.807, 2.05) is 30.3 Å². The molecule has 2 rings (SSSR count). The van der Waals surface area contributed by atoms with E-state index in [0.29, 0.717) is 5.69 Å². The third-order valence-corrected chi connectivity index (χ3v) is 2.56. The summed E-state index contributed by atoms with van der Waals surface area (Å²) >= 11 is 5.09. The van der Waals surface area contributed by atoms with Crippen LogP contribution in [0.15, 0.2) is 54.6 Å². The van der Waals surface area contributed by atoms with Crippen LogP contribution in [-0.4, -0.2) is 11.5 Å². The topological polar surface area (TPSA) is 33.3 Å². The Bertz CT molecular complexity index is 617. The molecular formula is C14H11F3N2OS. The molecule has 7 heteroatoms. The Kier molecular flexibility index (Phi) is 4.64. The first-order valence-corrected chi connectivity index (χ1v) is 6.32. The van der Waals surface area contributed by atoms with Crippen molar-refractivity contribution in [3.63, 3.8) is 0 Å². The highest BCUT2D eigenvalue weighted by molar-refractivity contribution is 7.80. The highest BCUT2D eigenvalue weighted by Gasteiger charge is 2.31. The second-order valence-electron chi connectivity index (χ2n) is 4.02. The van der Waals surface area contributed by atoms with E-state index in [2.05, 4.69) is 15.4 Å². The van der Waals surface area contributed by atoms with E-state index < -0.39 is 6.36 Å². The van der Waals surface area contributed by atoms with Crippen LogP contribution < -0.4 is 15.4 Å². The van der Waals surface area contributed by atoms with E-state index in [1.54, 1.807) is 6.07 Å². The molecule has 0 saturated heterocycles. The molecule has 0 saturated carbocycles. The van der Waals surface area contributed by atoms with Crippen molar-refractivity contribution in [2.24, 2.45) is 0 Å². The molecule has 0 bridgehead atoms. The first-order valence-electron chi connectivity index (χ1n) is 5.91. The van der Waals surface area contributed by atoms with Crippen LogP contribution >= 0.6 is 12.2 Å². The lowest BCUT2D eigenvalue weighted by Gasteiger charge is -2.12. The van der Waals surface area contributed by atoms with Crippen molar-refractivity contribution < 1.29 is 17.9 Å². The zero-order valence-corrected chi connectivity index (χ0v) is 11.5. The Morgan fingerprint density at radius 1 is 0.905 bits per heavy atom. The van der Waals surface area contributed by atoms with Gasteiger partial charge in [0.15, 0.2) is 5.11 Å². The third-order valence-electron chi connectivity index (χ3n) is 2.36. The number of hydrogen-bond acceptors (Lipinski definition) is 2. The van der Waals surface area contributed by atoms with Crippen LogP contribution in [0.3, 0.4) is 0 Å². The average Bonchev–Trinajstić information content (AvgIpc) is 2.38. The quantitative estimate of drug-likeness (QED) is 0.823. The average molecular weight is 312 g/mol. The van der Waals surface area contributed by atoms with E-state index in [0.717, 1.165) is 5.69 Å². The van der Waals surface area contributed by atoms with E-state index in [-0.39, 0.29) is 10.9 Å². The molecule has 0 fully saturated rings. The van der Waals surface area contributed by atoms with Gasteiger partial charge in [0, 0.05) is 17.4 Å².